The summed E-state index contributed by atoms with van der Waals surface area (Å²) in [5.41, 5.74) is 0.403. The summed E-state index contributed by atoms with van der Waals surface area (Å²) in [5.74, 6) is -0.532. The average Bonchev–Trinajstić information content (AvgIpc) is 2.90. The fraction of sp³-hybridized carbons (Fsp3) is 0.774. The first-order chi connectivity index (χ1) is 19.5. The Morgan fingerprint density at radius 1 is 0.854 bits per heavy atom. The molecule has 0 aliphatic carbocycles. The second-order valence-electron chi connectivity index (χ2n) is 11.8. The fourth-order valence-corrected chi connectivity index (χ4v) is 5.49. The van der Waals surface area contributed by atoms with Crippen molar-refractivity contribution in [1.29, 1.82) is 0 Å². The highest BCUT2D eigenvalue weighted by molar-refractivity contribution is 14.1. The molecule has 238 valence electrons. The molecule has 0 bridgehead atoms. The van der Waals surface area contributed by atoms with Crippen LogP contribution in [-0.2, 0) is 23.1 Å². The van der Waals surface area contributed by atoms with Crippen molar-refractivity contribution >= 4 is 36.4 Å². The zero-order chi connectivity index (χ0) is 30.4. The molecular formula is C31H56INO7P+. The maximum absolute atomic E-state index is 12.7. The van der Waals surface area contributed by atoms with Gasteiger partial charge >= 0.3 is 13.8 Å². The zero-order valence-electron chi connectivity index (χ0n) is 26.0. The van der Waals surface area contributed by atoms with E-state index in [0.717, 1.165) is 16.4 Å². The standard InChI is InChI=1S/C31H55INO7P/c1-5-6-7-8-9-10-11-12-13-14-15-16-17-18-23-37-26-30(40-31(34)28-20-19-21-29(32)25-28)27-39-41(35,36)38-24-22-33(2,3)4/h19-21,25,30H,5-18,22-24,26-27H2,1-4H3/p+1. The van der Waals surface area contributed by atoms with E-state index >= 15 is 0 Å². The summed E-state index contributed by atoms with van der Waals surface area (Å²) in [4.78, 5) is 22.8. The highest BCUT2D eigenvalue weighted by atomic mass is 127. The van der Waals surface area contributed by atoms with Crippen molar-refractivity contribution in [1.82, 2.24) is 0 Å². The number of esters is 1. The van der Waals surface area contributed by atoms with Crippen LogP contribution in [-0.4, -0.2) is 75.6 Å². The summed E-state index contributed by atoms with van der Waals surface area (Å²) in [5, 5.41) is 0. The van der Waals surface area contributed by atoms with Crippen molar-refractivity contribution < 1.29 is 37.3 Å². The molecule has 2 unspecified atom stereocenters. The van der Waals surface area contributed by atoms with Crippen LogP contribution in [0.15, 0.2) is 24.3 Å². The minimum absolute atomic E-state index is 0.0693. The van der Waals surface area contributed by atoms with Gasteiger partial charge in [-0.2, -0.15) is 0 Å². The molecule has 8 nitrogen and oxygen atoms in total. The molecule has 0 fully saturated rings. The van der Waals surface area contributed by atoms with E-state index in [4.69, 9.17) is 18.5 Å². The Labute approximate surface area is 263 Å². The Bertz CT molecular complexity index is 865. The highest BCUT2D eigenvalue weighted by Gasteiger charge is 2.26. The van der Waals surface area contributed by atoms with E-state index in [1.807, 2.05) is 27.2 Å². The number of phosphoric ester groups is 1. The molecule has 0 aliphatic rings. The van der Waals surface area contributed by atoms with Gasteiger partial charge in [-0.1, -0.05) is 96.5 Å². The van der Waals surface area contributed by atoms with E-state index < -0.39 is 19.9 Å². The molecule has 41 heavy (non-hydrogen) atoms. The van der Waals surface area contributed by atoms with Gasteiger partial charge in [0.25, 0.3) is 0 Å². The molecule has 0 saturated heterocycles. The number of likely N-dealkylation sites (N-methyl/N-ethyl adjacent to an activating group) is 1. The minimum atomic E-state index is -4.29. The summed E-state index contributed by atoms with van der Waals surface area (Å²) in [6.45, 7) is 3.18. The third-order valence-corrected chi connectivity index (χ3v) is 8.38. The van der Waals surface area contributed by atoms with Gasteiger partial charge in [0.1, 0.15) is 19.3 Å². The molecule has 1 aromatic rings. The lowest BCUT2D eigenvalue weighted by atomic mass is 10.0. The number of carbonyl (C=O) groups excluding carboxylic acids is 1. The Hall–Kier alpha value is -0.550. The number of hydrogen-bond donors (Lipinski definition) is 1. The van der Waals surface area contributed by atoms with E-state index in [2.05, 4.69) is 29.5 Å². The van der Waals surface area contributed by atoms with Gasteiger partial charge in [0.2, 0.25) is 0 Å². The number of hydrogen-bond acceptors (Lipinski definition) is 6. The monoisotopic (exact) mass is 712 g/mol. The second-order valence-corrected chi connectivity index (χ2v) is 14.5. The fourth-order valence-electron chi connectivity index (χ4n) is 4.21. The van der Waals surface area contributed by atoms with Crippen molar-refractivity contribution in [2.75, 3.05) is 54.1 Å². The lowest BCUT2D eigenvalue weighted by molar-refractivity contribution is -0.870. The SMILES string of the molecule is CCCCCCCCCCCCCCCCOCC(COP(=O)(O)OCC[N+](C)(C)C)OC(=O)c1cccc(I)c1. The largest absolute Gasteiger partial charge is 0.472 e. The smallest absolute Gasteiger partial charge is 0.454 e. The van der Waals surface area contributed by atoms with Crippen LogP contribution in [0.5, 0.6) is 0 Å². The van der Waals surface area contributed by atoms with Crippen molar-refractivity contribution in [3.63, 3.8) is 0 Å². The molecule has 1 aromatic carbocycles. The molecule has 0 aliphatic heterocycles. The second kappa shape index (κ2) is 22.9. The summed E-state index contributed by atoms with van der Waals surface area (Å²) >= 11 is 2.13. The van der Waals surface area contributed by atoms with Crippen LogP contribution in [0.2, 0.25) is 0 Å². The topological polar surface area (TPSA) is 91.3 Å². The average molecular weight is 713 g/mol. The predicted molar refractivity (Wildman–Crippen MR) is 174 cm³/mol. The van der Waals surface area contributed by atoms with Crippen LogP contribution in [0.25, 0.3) is 0 Å². The summed E-state index contributed by atoms with van der Waals surface area (Å²) in [6.07, 6.45) is 17.2. The third-order valence-electron chi connectivity index (χ3n) is 6.72. The van der Waals surface area contributed by atoms with Crippen LogP contribution in [0.1, 0.15) is 107 Å². The molecule has 0 heterocycles. The van der Waals surface area contributed by atoms with Crippen molar-refractivity contribution in [2.45, 2.75) is 103 Å². The first-order valence-electron chi connectivity index (χ1n) is 15.5. The number of unbranched alkanes of at least 4 members (excludes halogenated alkanes) is 13. The Balaban J connectivity index is 2.31. The molecule has 0 spiro atoms. The molecule has 0 radical (unpaired) electrons. The predicted octanol–water partition coefficient (Wildman–Crippen LogP) is 8.15. The number of phosphoric acid groups is 1. The molecule has 1 N–H and O–H groups in total. The van der Waals surface area contributed by atoms with E-state index in [1.165, 1.54) is 77.0 Å². The maximum atomic E-state index is 12.7. The van der Waals surface area contributed by atoms with E-state index in [-0.39, 0.29) is 19.8 Å². The highest BCUT2D eigenvalue weighted by Crippen LogP contribution is 2.43. The molecule has 10 heteroatoms. The van der Waals surface area contributed by atoms with Crippen molar-refractivity contribution in [3.8, 4) is 0 Å². The van der Waals surface area contributed by atoms with Crippen molar-refractivity contribution in [2.24, 2.45) is 0 Å². The molecule has 1 rings (SSSR count). The lowest BCUT2D eigenvalue weighted by Crippen LogP contribution is -2.37. The normalized spacial score (nSPS) is 14.1. The van der Waals surface area contributed by atoms with Crippen LogP contribution < -0.4 is 0 Å². The molecular weight excluding hydrogens is 656 g/mol. The number of quaternary nitrogens is 1. The van der Waals surface area contributed by atoms with Crippen LogP contribution in [0, 0.1) is 3.57 Å². The van der Waals surface area contributed by atoms with Gasteiger partial charge in [0.15, 0.2) is 0 Å². The summed E-state index contributed by atoms with van der Waals surface area (Å²) in [7, 11) is 1.59. The molecule has 0 aromatic heterocycles. The van der Waals surface area contributed by atoms with Crippen molar-refractivity contribution in [3.05, 3.63) is 33.4 Å². The van der Waals surface area contributed by atoms with E-state index in [1.54, 1.807) is 18.2 Å². The first-order valence-corrected chi connectivity index (χ1v) is 18.1. The molecule has 2 atom stereocenters. The van der Waals surface area contributed by atoms with Gasteiger partial charge in [-0.05, 0) is 47.2 Å². The quantitative estimate of drug-likeness (QED) is 0.0341. The first kappa shape index (κ1) is 38.5. The maximum Gasteiger partial charge on any atom is 0.472 e. The van der Waals surface area contributed by atoms with E-state index in [0.29, 0.717) is 23.2 Å². The van der Waals surface area contributed by atoms with Gasteiger partial charge in [0.05, 0.1) is 39.9 Å². The lowest BCUT2D eigenvalue weighted by Gasteiger charge is -2.24. The van der Waals surface area contributed by atoms with Crippen LogP contribution >= 0.6 is 30.4 Å². The van der Waals surface area contributed by atoms with Gasteiger partial charge in [-0.15, -0.1) is 0 Å². The zero-order valence-corrected chi connectivity index (χ0v) is 29.0. The minimum Gasteiger partial charge on any atom is -0.454 e. The van der Waals surface area contributed by atoms with Crippen LogP contribution in [0.4, 0.5) is 0 Å². The molecule has 0 saturated carbocycles. The van der Waals surface area contributed by atoms with Gasteiger partial charge in [-0.3, -0.25) is 9.05 Å². The number of carbonyl (C=O) groups is 1. The number of nitrogens with zero attached hydrogens (tertiary/aromatic N) is 1. The molecule has 0 amide bonds. The van der Waals surface area contributed by atoms with Gasteiger partial charge < -0.3 is 18.9 Å². The Morgan fingerprint density at radius 3 is 1.95 bits per heavy atom. The summed E-state index contributed by atoms with van der Waals surface area (Å²) in [6, 6.07) is 7.05. The Kier molecular flexibility index (Phi) is 21.5. The number of halogens is 1. The van der Waals surface area contributed by atoms with Crippen LogP contribution in [0.3, 0.4) is 0 Å². The Morgan fingerprint density at radius 2 is 1.41 bits per heavy atom. The summed E-state index contributed by atoms with van der Waals surface area (Å²) < 4.78 is 35.5. The third kappa shape index (κ3) is 22.6. The van der Waals surface area contributed by atoms with Gasteiger partial charge in [-0.25, -0.2) is 9.36 Å². The van der Waals surface area contributed by atoms with Gasteiger partial charge in [0, 0.05) is 10.2 Å². The number of rotatable bonds is 26. The van der Waals surface area contributed by atoms with E-state index in [9.17, 15) is 14.3 Å². The number of benzene rings is 1. The number of ether oxygens (including phenoxy) is 2.